The quantitative estimate of drug-likeness (QED) is 0.608. The Hall–Kier alpha value is -0.500. The van der Waals surface area contributed by atoms with Crippen LogP contribution in [0.5, 0.6) is 0 Å². The van der Waals surface area contributed by atoms with Crippen molar-refractivity contribution in [2.45, 2.75) is 5.92 Å². The minimum Gasteiger partial charge on any atom is -0.264 e. The molecule has 0 unspecified atom stereocenters. The van der Waals surface area contributed by atoms with E-state index in [0.29, 0.717) is 0 Å². The van der Waals surface area contributed by atoms with Gasteiger partial charge in [0.2, 0.25) is 0 Å². The molecule has 1 aliphatic heterocycles. The predicted octanol–water partition coefficient (Wildman–Crippen LogP) is 1.91. The third-order valence-electron chi connectivity index (χ3n) is 1.79. The second-order valence-electron chi connectivity index (χ2n) is 2.52. The fraction of sp³-hybridized carbons (Fsp3) is 0.375. The lowest BCUT2D eigenvalue weighted by atomic mass is 10.1. The maximum atomic E-state index is 4.08. The summed E-state index contributed by atoms with van der Waals surface area (Å²) in [5, 5.41) is 0. The number of nitrogens with zero attached hydrogens (tertiary/aromatic N) is 1. The third-order valence-corrected chi connectivity index (χ3v) is 3.07. The molecule has 0 saturated carbocycles. The summed E-state index contributed by atoms with van der Waals surface area (Å²) in [5.41, 5.74) is 1.40. The van der Waals surface area contributed by atoms with Crippen LogP contribution in [0.15, 0.2) is 24.5 Å². The van der Waals surface area contributed by atoms with Crippen LogP contribution in [0.4, 0.5) is 0 Å². The van der Waals surface area contributed by atoms with Gasteiger partial charge in [0.25, 0.3) is 0 Å². The van der Waals surface area contributed by atoms with Crippen LogP contribution in [0.25, 0.3) is 0 Å². The largest absolute Gasteiger partial charge is 0.264 e. The summed E-state index contributed by atoms with van der Waals surface area (Å²) >= 11 is 2.01. The molecule has 0 N–H and O–H groups in total. The van der Waals surface area contributed by atoms with E-state index in [2.05, 4.69) is 11.1 Å². The zero-order chi connectivity index (χ0) is 6.81. The highest BCUT2D eigenvalue weighted by atomic mass is 32.2. The molecule has 10 heavy (non-hydrogen) atoms. The molecule has 0 radical (unpaired) electrons. The van der Waals surface area contributed by atoms with E-state index in [-0.39, 0.29) is 0 Å². The van der Waals surface area contributed by atoms with Gasteiger partial charge >= 0.3 is 0 Å². The van der Waals surface area contributed by atoms with Crippen molar-refractivity contribution in [3.63, 3.8) is 0 Å². The molecular weight excluding hydrogens is 142 g/mol. The van der Waals surface area contributed by atoms with E-state index in [1.165, 1.54) is 17.1 Å². The van der Waals surface area contributed by atoms with E-state index in [0.717, 1.165) is 5.92 Å². The van der Waals surface area contributed by atoms with Crippen LogP contribution in [0, 0.1) is 0 Å². The van der Waals surface area contributed by atoms with Gasteiger partial charge in [-0.1, -0.05) is 6.07 Å². The third kappa shape index (κ3) is 1.03. The van der Waals surface area contributed by atoms with Crippen molar-refractivity contribution in [1.29, 1.82) is 0 Å². The van der Waals surface area contributed by atoms with Crippen molar-refractivity contribution in [2.75, 3.05) is 11.5 Å². The molecule has 0 atom stereocenters. The highest BCUT2D eigenvalue weighted by Gasteiger charge is 2.19. The lowest BCUT2D eigenvalue weighted by molar-refractivity contribution is 0.842. The Morgan fingerprint density at radius 1 is 1.50 bits per heavy atom. The molecule has 2 heteroatoms. The average Bonchev–Trinajstić information content (AvgIpc) is 1.86. The average molecular weight is 151 g/mol. The van der Waals surface area contributed by atoms with Gasteiger partial charge in [-0.15, -0.1) is 0 Å². The van der Waals surface area contributed by atoms with Gasteiger partial charge in [-0.05, 0) is 11.6 Å². The summed E-state index contributed by atoms with van der Waals surface area (Å²) in [6.45, 7) is 0. The molecule has 0 spiro atoms. The molecule has 1 fully saturated rings. The smallest absolute Gasteiger partial charge is 0.0303 e. The normalized spacial score (nSPS) is 18.4. The standard InChI is InChI=1S/C8H9NS/c1-2-7(4-9-3-1)8-5-10-6-8/h1-4,8H,5-6H2. The zero-order valence-electron chi connectivity index (χ0n) is 5.66. The molecule has 0 amide bonds. The number of aromatic nitrogens is 1. The second kappa shape index (κ2) is 2.62. The molecule has 1 nitrogen and oxygen atoms in total. The van der Waals surface area contributed by atoms with Gasteiger partial charge in [-0.25, -0.2) is 0 Å². The summed E-state index contributed by atoms with van der Waals surface area (Å²) in [7, 11) is 0. The van der Waals surface area contributed by atoms with Crippen LogP contribution in [0.3, 0.4) is 0 Å². The maximum Gasteiger partial charge on any atom is 0.0303 e. The first-order valence-electron chi connectivity index (χ1n) is 3.44. The number of pyridine rings is 1. The monoisotopic (exact) mass is 151 g/mol. The van der Waals surface area contributed by atoms with Crippen LogP contribution >= 0.6 is 11.8 Å². The topological polar surface area (TPSA) is 12.9 Å². The van der Waals surface area contributed by atoms with Crippen LogP contribution in [-0.2, 0) is 0 Å². The van der Waals surface area contributed by atoms with E-state index in [1.807, 2.05) is 30.2 Å². The van der Waals surface area contributed by atoms with Crippen molar-refractivity contribution in [1.82, 2.24) is 4.98 Å². The molecule has 0 aromatic carbocycles. The van der Waals surface area contributed by atoms with Crippen LogP contribution in [0.1, 0.15) is 11.5 Å². The molecule has 1 aliphatic rings. The Morgan fingerprint density at radius 3 is 2.90 bits per heavy atom. The Kier molecular flexibility index (Phi) is 1.63. The van der Waals surface area contributed by atoms with Gasteiger partial charge < -0.3 is 0 Å². The fourth-order valence-corrected chi connectivity index (χ4v) is 1.90. The molecular formula is C8H9NS. The van der Waals surface area contributed by atoms with E-state index < -0.39 is 0 Å². The minimum atomic E-state index is 0.790. The molecule has 2 heterocycles. The number of hydrogen-bond donors (Lipinski definition) is 0. The Bertz CT molecular complexity index is 206. The number of rotatable bonds is 1. The van der Waals surface area contributed by atoms with Crippen molar-refractivity contribution in [2.24, 2.45) is 0 Å². The summed E-state index contributed by atoms with van der Waals surface area (Å²) in [5.74, 6) is 3.36. The first-order valence-corrected chi connectivity index (χ1v) is 4.60. The second-order valence-corrected chi connectivity index (χ2v) is 3.60. The molecule has 1 aromatic rings. The Morgan fingerprint density at radius 2 is 2.40 bits per heavy atom. The van der Waals surface area contributed by atoms with E-state index in [4.69, 9.17) is 0 Å². The summed E-state index contributed by atoms with van der Waals surface area (Å²) in [4.78, 5) is 4.08. The van der Waals surface area contributed by atoms with E-state index >= 15 is 0 Å². The summed E-state index contributed by atoms with van der Waals surface area (Å²) in [6, 6.07) is 4.18. The van der Waals surface area contributed by atoms with E-state index in [9.17, 15) is 0 Å². The van der Waals surface area contributed by atoms with Gasteiger partial charge in [-0.3, -0.25) is 4.98 Å². The van der Waals surface area contributed by atoms with Gasteiger partial charge in [0.15, 0.2) is 0 Å². The Labute approximate surface area is 64.9 Å². The minimum absolute atomic E-state index is 0.790. The van der Waals surface area contributed by atoms with Gasteiger partial charge in [0.05, 0.1) is 0 Å². The maximum absolute atomic E-state index is 4.08. The predicted molar refractivity (Wildman–Crippen MR) is 44.3 cm³/mol. The zero-order valence-corrected chi connectivity index (χ0v) is 6.47. The molecule has 0 aliphatic carbocycles. The fourth-order valence-electron chi connectivity index (χ4n) is 1.05. The Balaban J connectivity index is 2.18. The highest BCUT2D eigenvalue weighted by Crippen LogP contribution is 2.32. The molecule has 2 rings (SSSR count). The van der Waals surface area contributed by atoms with Gasteiger partial charge in [-0.2, -0.15) is 11.8 Å². The number of thioether (sulfide) groups is 1. The molecule has 1 aromatic heterocycles. The van der Waals surface area contributed by atoms with Crippen molar-refractivity contribution < 1.29 is 0 Å². The highest BCUT2D eigenvalue weighted by molar-refractivity contribution is 8.00. The van der Waals surface area contributed by atoms with Crippen molar-refractivity contribution in [3.05, 3.63) is 30.1 Å². The van der Waals surface area contributed by atoms with Gasteiger partial charge in [0, 0.05) is 29.8 Å². The first kappa shape index (κ1) is 6.23. The number of hydrogen-bond acceptors (Lipinski definition) is 2. The SMILES string of the molecule is c1cncc(C2CSC2)c1. The van der Waals surface area contributed by atoms with Crippen LogP contribution in [0.2, 0.25) is 0 Å². The molecule has 0 bridgehead atoms. The lowest BCUT2D eigenvalue weighted by Gasteiger charge is -2.24. The molecule has 1 saturated heterocycles. The van der Waals surface area contributed by atoms with Crippen molar-refractivity contribution >= 4 is 11.8 Å². The summed E-state index contributed by atoms with van der Waals surface area (Å²) in [6.07, 6.45) is 3.81. The van der Waals surface area contributed by atoms with Crippen LogP contribution < -0.4 is 0 Å². The van der Waals surface area contributed by atoms with E-state index in [1.54, 1.807) is 0 Å². The van der Waals surface area contributed by atoms with Gasteiger partial charge in [0.1, 0.15) is 0 Å². The van der Waals surface area contributed by atoms with Crippen LogP contribution in [-0.4, -0.2) is 16.5 Å². The first-order chi connectivity index (χ1) is 4.97. The lowest BCUT2D eigenvalue weighted by Crippen LogP contribution is -2.15. The van der Waals surface area contributed by atoms with Crippen molar-refractivity contribution in [3.8, 4) is 0 Å². The molecule has 52 valence electrons. The summed E-state index contributed by atoms with van der Waals surface area (Å²) < 4.78 is 0.